The van der Waals surface area contributed by atoms with E-state index in [1.165, 1.54) is 0 Å². The molecular weight excluding hydrogens is 216 g/mol. The minimum absolute atomic E-state index is 0.179. The molecule has 1 unspecified atom stereocenters. The topological polar surface area (TPSA) is 38.7 Å². The zero-order chi connectivity index (χ0) is 11.7. The van der Waals surface area contributed by atoms with Crippen molar-refractivity contribution >= 4 is 0 Å². The van der Waals surface area contributed by atoms with E-state index in [4.69, 9.17) is 9.47 Å². The van der Waals surface area contributed by atoms with Gasteiger partial charge in [0.05, 0.1) is 12.2 Å². The summed E-state index contributed by atoms with van der Waals surface area (Å²) in [6.45, 7) is 1.54. The van der Waals surface area contributed by atoms with Crippen LogP contribution >= 0.6 is 0 Å². The largest absolute Gasteiger partial charge is 0.488 e. The van der Waals surface area contributed by atoms with Gasteiger partial charge in [0.1, 0.15) is 11.9 Å². The Morgan fingerprint density at radius 2 is 2.00 bits per heavy atom. The van der Waals surface area contributed by atoms with E-state index in [0.29, 0.717) is 6.61 Å². The van der Waals surface area contributed by atoms with E-state index < -0.39 is 5.60 Å². The number of ether oxygens (including phenoxy) is 2. The molecule has 0 spiro atoms. The number of aliphatic hydroxyl groups is 1. The van der Waals surface area contributed by atoms with Crippen molar-refractivity contribution in [1.82, 2.24) is 0 Å². The van der Waals surface area contributed by atoms with Crippen molar-refractivity contribution in [3.63, 3.8) is 0 Å². The lowest BCUT2D eigenvalue weighted by Crippen LogP contribution is -2.27. The van der Waals surface area contributed by atoms with Gasteiger partial charge in [-0.25, -0.2) is 0 Å². The highest BCUT2D eigenvalue weighted by atomic mass is 16.5. The van der Waals surface area contributed by atoms with E-state index in [-0.39, 0.29) is 6.10 Å². The second-order valence-electron chi connectivity index (χ2n) is 5.01. The van der Waals surface area contributed by atoms with E-state index in [1.54, 1.807) is 0 Å². The fourth-order valence-corrected chi connectivity index (χ4v) is 2.25. The SMILES string of the molecule is OC1(c2ccc(OC3CCCOC3)cc2)CC1. The molecule has 0 aromatic heterocycles. The van der Waals surface area contributed by atoms with Gasteiger partial charge in [-0.1, -0.05) is 12.1 Å². The molecule has 2 aliphatic rings. The summed E-state index contributed by atoms with van der Waals surface area (Å²) in [6.07, 6.45) is 4.07. The third-order valence-electron chi connectivity index (χ3n) is 3.54. The van der Waals surface area contributed by atoms with Crippen LogP contribution in [0.3, 0.4) is 0 Å². The molecule has 0 amide bonds. The van der Waals surface area contributed by atoms with Gasteiger partial charge in [0.15, 0.2) is 0 Å². The van der Waals surface area contributed by atoms with Crippen LogP contribution < -0.4 is 4.74 Å². The van der Waals surface area contributed by atoms with Gasteiger partial charge in [-0.05, 0) is 43.4 Å². The first-order valence-corrected chi connectivity index (χ1v) is 6.34. The van der Waals surface area contributed by atoms with Gasteiger partial charge in [-0.3, -0.25) is 0 Å². The Balaban J connectivity index is 1.63. The van der Waals surface area contributed by atoms with Crippen molar-refractivity contribution in [2.75, 3.05) is 13.2 Å². The third-order valence-corrected chi connectivity index (χ3v) is 3.54. The van der Waals surface area contributed by atoms with Crippen molar-refractivity contribution in [3.05, 3.63) is 29.8 Å². The summed E-state index contributed by atoms with van der Waals surface area (Å²) >= 11 is 0. The Hall–Kier alpha value is -1.06. The van der Waals surface area contributed by atoms with Gasteiger partial charge >= 0.3 is 0 Å². The molecule has 2 fully saturated rings. The molecule has 3 heteroatoms. The van der Waals surface area contributed by atoms with Gasteiger partial charge < -0.3 is 14.6 Å². The minimum Gasteiger partial charge on any atom is -0.488 e. The molecule has 1 heterocycles. The molecule has 3 rings (SSSR count). The van der Waals surface area contributed by atoms with Crippen molar-refractivity contribution < 1.29 is 14.6 Å². The average Bonchev–Trinajstić information content (AvgIpc) is 3.11. The molecule has 92 valence electrons. The predicted octanol–water partition coefficient (Wildman–Crippen LogP) is 2.23. The average molecular weight is 234 g/mol. The lowest BCUT2D eigenvalue weighted by molar-refractivity contribution is 0.00740. The van der Waals surface area contributed by atoms with Crippen LogP contribution in [0.15, 0.2) is 24.3 Å². The van der Waals surface area contributed by atoms with Gasteiger partial charge in [0, 0.05) is 6.61 Å². The number of rotatable bonds is 3. The van der Waals surface area contributed by atoms with Crippen LogP contribution in [-0.2, 0) is 10.3 Å². The molecule has 0 radical (unpaired) electrons. The highest BCUT2D eigenvalue weighted by molar-refractivity contribution is 5.33. The molecule has 0 bridgehead atoms. The Morgan fingerprint density at radius 1 is 1.24 bits per heavy atom. The quantitative estimate of drug-likeness (QED) is 0.871. The zero-order valence-corrected chi connectivity index (χ0v) is 9.89. The minimum atomic E-state index is -0.549. The Bertz CT molecular complexity index is 375. The standard InChI is InChI=1S/C14H18O3/c15-14(7-8-14)11-3-5-12(6-4-11)17-13-2-1-9-16-10-13/h3-6,13,15H,1-2,7-10H2. The van der Waals surface area contributed by atoms with E-state index >= 15 is 0 Å². The van der Waals surface area contributed by atoms with Crippen LogP contribution in [0.2, 0.25) is 0 Å². The maximum absolute atomic E-state index is 9.95. The zero-order valence-electron chi connectivity index (χ0n) is 9.89. The van der Waals surface area contributed by atoms with Gasteiger partial charge in [-0.15, -0.1) is 0 Å². The highest BCUT2D eigenvalue weighted by Gasteiger charge is 2.41. The Kier molecular flexibility index (Phi) is 2.81. The van der Waals surface area contributed by atoms with Gasteiger partial charge in [0.25, 0.3) is 0 Å². The highest BCUT2D eigenvalue weighted by Crippen LogP contribution is 2.45. The Morgan fingerprint density at radius 3 is 2.59 bits per heavy atom. The van der Waals surface area contributed by atoms with Crippen LogP contribution in [-0.4, -0.2) is 24.4 Å². The number of benzene rings is 1. The van der Waals surface area contributed by atoms with E-state index in [9.17, 15) is 5.11 Å². The summed E-state index contributed by atoms with van der Waals surface area (Å²) in [5, 5.41) is 9.95. The van der Waals surface area contributed by atoms with Crippen molar-refractivity contribution in [2.24, 2.45) is 0 Å². The summed E-state index contributed by atoms with van der Waals surface area (Å²) in [5.74, 6) is 0.869. The smallest absolute Gasteiger partial charge is 0.122 e. The molecule has 1 atom stereocenters. The molecular formula is C14H18O3. The fraction of sp³-hybridized carbons (Fsp3) is 0.571. The summed E-state index contributed by atoms with van der Waals surface area (Å²) in [7, 11) is 0. The van der Waals surface area contributed by atoms with Crippen LogP contribution in [0.4, 0.5) is 0 Å². The fourth-order valence-electron chi connectivity index (χ4n) is 2.25. The summed E-state index contributed by atoms with van der Waals surface area (Å²) in [5.41, 5.74) is 0.455. The molecule has 3 nitrogen and oxygen atoms in total. The first kappa shape index (κ1) is 11.1. The molecule has 1 aromatic carbocycles. The lowest BCUT2D eigenvalue weighted by atomic mass is 10.1. The number of hydrogen-bond acceptors (Lipinski definition) is 3. The summed E-state index contributed by atoms with van der Waals surface area (Å²) in [6, 6.07) is 7.82. The van der Waals surface area contributed by atoms with Gasteiger partial charge in [-0.2, -0.15) is 0 Å². The maximum Gasteiger partial charge on any atom is 0.122 e. The normalized spacial score (nSPS) is 26.5. The first-order chi connectivity index (χ1) is 8.26. The van der Waals surface area contributed by atoms with Crippen molar-refractivity contribution in [1.29, 1.82) is 0 Å². The molecule has 1 aliphatic carbocycles. The van der Waals surface area contributed by atoms with Crippen LogP contribution in [0.1, 0.15) is 31.2 Å². The molecule has 1 saturated carbocycles. The molecule has 1 aromatic rings. The third kappa shape index (κ3) is 2.45. The van der Waals surface area contributed by atoms with Crippen molar-refractivity contribution in [2.45, 2.75) is 37.4 Å². The van der Waals surface area contributed by atoms with Gasteiger partial charge in [0.2, 0.25) is 0 Å². The second-order valence-corrected chi connectivity index (χ2v) is 5.01. The molecule has 17 heavy (non-hydrogen) atoms. The first-order valence-electron chi connectivity index (χ1n) is 6.34. The predicted molar refractivity (Wildman–Crippen MR) is 64.0 cm³/mol. The van der Waals surface area contributed by atoms with Crippen LogP contribution in [0.5, 0.6) is 5.75 Å². The molecule has 1 N–H and O–H groups in total. The molecule has 1 saturated heterocycles. The van der Waals surface area contributed by atoms with E-state index in [1.807, 2.05) is 24.3 Å². The second kappa shape index (κ2) is 4.31. The van der Waals surface area contributed by atoms with Crippen LogP contribution in [0, 0.1) is 0 Å². The number of hydrogen-bond donors (Lipinski definition) is 1. The lowest BCUT2D eigenvalue weighted by Gasteiger charge is -2.23. The van der Waals surface area contributed by atoms with Crippen molar-refractivity contribution in [3.8, 4) is 5.75 Å². The summed E-state index contributed by atoms with van der Waals surface area (Å²) in [4.78, 5) is 0. The van der Waals surface area contributed by atoms with Crippen LogP contribution in [0.25, 0.3) is 0 Å². The Labute approximate surface area is 101 Å². The maximum atomic E-state index is 9.95. The monoisotopic (exact) mass is 234 g/mol. The summed E-state index contributed by atoms with van der Waals surface area (Å²) < 4.78 is 11.2. The van der Waals surface area contributed by atoms with E-state index in [2.05, 4.69) is 0 Å². The molecule has 1 aliphatic heterocycles. The van der Waals surface area contributed by atoms with E-state index in [0.717, 1.165) is 43.6 Å².